The van der Waals surface area contributed by atoms with Gasteiger partial charge in [0.15, 0.2) is 4.77 Å². The summed E-state index contributed by atoms with van der Waals surface area (Å²) in [6, 6.07) is 14.1. The number of aromatic amines is 1. The van der Waals surface area contributed by atoms with Crippen LogP contribution in [0.1, 0.15) is 39.3 Å². The predicted molar refractivity (Wildman–Crippen MR) is 112 cm³/mol. The molecule has 0 saturated carbocycles. The van der Waals surface area contributed by atoms with Crippen LogP contribution in [0.15, 0.2) is 53.3 Å². The Labute approximate surface area is 163 Å². The van der Waals surface area contributed by atoms with Gasteiger partial charge in [0.05, 0.1) is 10.9 Å². The van der Waals surface area contributed by atoms with E-state index in [2.05, 4.69) is 31.1 Å². The molecule has 140 valence electrons. The first-order chi connectivity index (χ1) is 12.7. The number of benzene rings is 2. The van der Waals surface area contributed by atoms with E-state index in [1.165, 1.54) is 10.1 Å². The molecule has 0 aliphatic carbocycles. The number of carbonyl (C=O) groups is 1. The highest BCUT2D eigenvalue weighted by Crippen LogP contribution is 2.23. The average Bonchev–Trinajstić information content (AvgIpc) is 2.61. The Morgan fingerprint density at radius 1 is 1.11 bits per heavy atom. The molecule has 0 aliphatic rings. The number of carbonyl (C=O) groups excluding carboxylic acids is 1. The van der Waals surface area contributed by atoms with E-state index < -0.39 is 6.04 Å². The third-order valence-corrected chi connectivity index (χ3v) is 4.92. The first-order valence-electron chi connectivity index (χ1n) is 8.83. The molecule has 0 saturated heterocycles. The van der Waals surface area contributed by atoms with Crippen LogP contribution in [-0.2, 0) is 10.2 Å². The van der Waals surface area contributed by atoms with Gasteiger partial charge in [-0.1, -0.05) is 45.0 Å². The molecular weight excluding hydrogens is 358 g/mol. The monoisotopic (exact) mass is 381 g/mol. The highest BCUT2D eigenvalue weighted by atomic mass is 32.1. The molecule has 5 nitrogen and oxygen atoms in total. The number of aromatic nitrogens is 2. The summed E-state index contributed by atoms with van der Waals surface area (Å²) >= 11 is 5.31. The van der Waals surface area contributed by atoms with Crippen molar-refractivity contribution in [2.75, 3.05) is 5.32 Å². The van der Waals surface area contributed by atoms with E-state index in [0.717, 1.165) is 0 Å². The van der Waals surface area contributed by atoms with Gasteiger partial charge in [-0.05, 0) is 54.4 Å². The summed E-state index contributed by atoms with van der Waals surface area (Å²) in [6.07, 6.45) is 0. The molecular formula is C21H23N3O2S. The summed E-state index contributed by atoms with van der Waals surface area (Å²) in [5.74, 6) is -0.296. The van der Waals surface area contributed by atoms with Gasteiger partial charge >= 0.3 is 0 Å². The highest BCUT2D eigenvalue weighted by molar-refractivity contribution is 7.71. The maximum Gasteiger partial charge on any atom is 0.262 e. The third-order valence-electron chi connectivity index (χ3n) is 4.62. The molecule has 0 fully saturated rings. The minimum absolute atomic E-state index is 0.0430. The van der Waals surface area contributed by atoms with Crippen LogP contribution >= 0.6 is 12.2 Å². The molecule has 3 aromatic rings. The zero-order valence-electron chi connectivity index (χ0n) is 15.9. The molecule has 0 bridgehead atoms. The Kier molecular flexibility index (Phi) is 5.02. The Bertz CT molecular complexity index is 1110. The maximum absolute atomic E-state index is 12.8. The number of hydrogen-bond acceptors (Lipinski definition) is 3. The Balaban J connectivity index is 1.89. The fourth-order valence-electron chi connectivity index (χ4n) is 2.95. The minimum Gasteiger partial charge on any atom is -0.332 e. The van der Waals surface area contributed by atoms with Crippen molar-refractivity contribution < 1.29 is 4.79 Å². The smallest absolute Gasteiger partial charge is 0.262 e. The molecule has 0 radical (unpaired) electrons. The quantitative estimate of drug-likeness (QED) is 0.654. The van der Waals surface area contributed by atoms with Crippen LogP contribution in [0.4, 0.5) is 5.69 Å². The van der Waals surface area contributed by atoms with Gasteiger partial charge in [-0.2, -0.15) is 0 Å². The minimum atomic E-state index is -0.742. The van der Waals surface area contributed by atoms with E-state index in [9.17, 15) is 9.59 Å². The standard InChI is InChI=1S/C21H23N3O2S/c1-13(18(25)22-15-11-9-14(10-12-15)21(2,3)4)24-19(26)16-7-5-6-8-17(16)23-20(24)27/h5-13H,1-4H3,(H,22,25)(H,23,27)/t13-/m0/s1. The second kappa shape index (κ2) is 7.12. The van der Waals surface area contributed by atoms with E-state index in [-0.39, 0.29) is 21.7 Å². The Morgan fingerprint density at radius 3 is 2.37 bits per heavy atom. The van der Waals surface area contributed by atoms with Gasteiger partial charge < -0.3 is 10.3 Å². The number of para-hydroxylation sites is 1. The molecule has 1 heterocycles. The molecule has 6 heteroatoms. The number of nitrogens with one attached hydrogen (secondary N) is 2. The van der Waals surface area contributed by atoms with Crippen molar-refractivity contribution in [1.82, 2.24) is 9.55 Å². The molecule has 0 aliphatic heterocycles. The lowest BCUT2D eigenvalue weighted by Crippen LogP contribution is -2.32. The van der Waals surface area contributed by atoms with Gasteiger partial charge in [-0.15, -0.1) is 0 Å². The number of H-pyrrole nitrogens is 1. The van der Waals surface area contributed by atoms with Crippen LogP contribution in [0.25, 0.3) is 10.9 Å². The van der Waals surface area contributed by atoms with Crippen LogP contribution in [0, 0.1) is 4.77 Å². The second-order valence-electron chi connectivity index (χ2n) is 7.64. The summed E-state index contributed by atoms with van der Waals surface area (Å²) in [5.41, 5.74) is 2.29. The molecule has 2 aromatic carbocycles. The van der Waals surface area contributed by atoms with Crippen molar-refractivity contribution >= 4 is 34.7 Å². The highest BCUT2D eigenvalue weighted by Gasteiger charge is 2.19. The zero-order chi connectivity index (χ0) is 19.8. The SMILES string of the molecule is C[C@@H](C(=O)Nc1ccc(C(C)(C)C)cc1)n1c(=S)[nH]c2ccccc2c1=O. The van der Waals surface area contributed by atoms with Gasteiger partial charge in [0, 0.05) is 5.69 Å². The van der Waals surface area contributed by atoms with Crippen molar-refractivity contribution in [3.63, 3.8) is 0 Å². The van der Waals surface area contributed by atoms with E-state index in [4.69, 9.17) is 12.2 Å². The fourth-order valence-corrected chi connectivity index (χ4v) is 3.30. The number of anilines is 1. The van der Waals surface area contributed by atoms with Gasteiger partial charge in [-0.25, -0.2) is 0 Å². The molecule has 1 aromatic heterocycles. The van der Waals surface area contributed by atoms with Crippen molar-refractivity contribution in [2.45, 2.75) is 39.2 Å². The summed E-state index contributed by atoms with van der Waals surface area (Å²) in [4.78, 5) is 28.5. The summed E-state index contributed by atoms with van der Waals surface area (Å²) in [6.45, 7) is 8.07. The fraction of sp³-hybridized carbons (Fsp3) is 0.286. The van der Waals surface area contributed by atoms with Crippen LogP contribution < -0.4 is 10.9 Å². The zero-order valence-corrected chi connectivity index (χ0v) is 16.7. The first-order valence-corrected chi connectivity index (χ1v) is 9.24. The molecule has 0 unspecified atom stereocenters. The van der Waals surface area contributed by atoms with Crippen molar-refractivity contribution in [2.24, 2.45) is 0 Å². The van der Waals surface area contributed by atoms with Crippen molar-refractivity contribution in [3.8, 4) is 0 Å². The number of hydrogen-bond donors (Lipinski definition) is 2. The molecule has 1 atom stereocenters. The first kappa shape index (κ1) is 19.0. The van der Waals surface area contributed by atoms with Crippen LogP contribution in [0.5, 0.6) is 0 Å². The summed E-state index contributed by atoms with van der Waals surface area (Å²) in [7, 11) is 0. The number of rotatable bonds is 3. The summed E-state index contributed by atoms with van der Waals surface area (Å²) in [5, 5.41) is 3.36. The lowest BCUT2D eigenvalue weighted by Gasteiger charge is -2.20. The Hall–Kier alpha value is -2.73. The number of nitrogens with zero attached hydrogens (tertiary/aromatic N) is 1. The number of amides is 1. The lowest BCUT2D eigenvalue weighted by molar-refractivity contribution is -0.118. The largest absolute Gasteiger partial charge is 0.332 e. The van der Waals surface area contributed by atoms with E-state index >= 15 is 0 Å². The van der Waals surface area contributed by atoms with Crippen molar-refractivity contribution in [1.29, 1.82) is 0 Å². The summed E-state index contributed by atoms with van der Waals surface area (Å²) < 4.78 is 1.54. The Morgan fingerprint density at radius 2 is 1.74 bits per heavy atom. The van der Waals surface area contributed by atoms with E-state index in [1.807, 2.05) is 30.3 Å². The third kappa shape index (κ3) is 3.85. The number of fused-ring (bicyclic) bond motifs is 1. The molecule has 0 spiro atoms. The van der Waals surface area contributed by atoms with Gasteiger partial charge in [-0.3, -0.25) is 14.2 Å². The average molecular weight is 382 g/mol. The van der Waals surface area contributed by atoms with Crippen molar-refractivity contribution in [3.05, 3.63) is 69.2 Å². The predicted octanol–water partition coefficient (Wildman–Crippen LogP) is 4.56. The van der Waals surface area contributed by atoms with Gasteiger partial charge in [0.2, 0.25) is 5.91 Å². The molecule has 27 heavy (non-hydrogen) atoms. The van der Waals surface area contributed by atoms with Crippen LogP contribution in [-0.4, -0.2) is 15.5 Å². The van der Waals surface area contributed by atoms with E-state index in [0.29, 0.717) is 16.6 Å². The van der Waals surface area contributed by atoms with Gasteiger partial charge in [0.1, 0.15) is 6.04 Å². The molecule has 3 rings (SSSR count). The topological polar surface area (TPSA) is 66.9 Å². The normalized spacial score (nSPS) is 12.7. The van der Waals surface area contributed by atoms with E-state index in [1.54, 1.807) is 25.1 Å². The van der Waals surface area contributed by atoms with Crippen LogP contribution in [0.3, 0.4) is 0 Å². The maximum atomic E-state index is 12.8. The lowest BCUT2D eigenvalue weighted by atomic mass is 9.87. The second-order valence-corrected chi connectivity index (χ2v) is 8.03. The molecule has 1 amide bonds. The van der Waals surface area contributed by atoms with Crippen LogP contribution in [0.2, 0.25) is 0 Å². The molecule has 2 N–H and O–H groups in total. The van der Waals surface area contributed by atoms with Gasteiger partial charge in [0.25, 0.3) is 5.56 Å².